The van der Waals surface area contributed by atoms with E-state index in [1.165, 1.54) is 35.1 Å². The number of hydrogen-bond acceptors (Lipinski definition) is 8. The fourth-order valence-corrected chi connectivity index (χ4v) is 7.30. The number of halogens is 2. The third-order valence-corrected chi connectivity index (χ3v) is 9.82. The molecule has 4 heterocycles. The number of carbonyl (C=O) groups excluding carboxylic acids is 1. The lowest BCUT2D eigenvalue weighted by molar-refractivity contribution is -0.147. The number of carbonyl (C=O) groups is 1. The maximum atomic E-state index is 12.3. The smallest absolute Gasteiger partial charge is 0.394 e. The number of rotatable bonds is 5. The monoisotopic (exact) mass is 682 g/mol. The van der Waals surface area contributed by atoms with Gasteiger partial charge in [-0.05, 0) is 70.1 Å². The van der Waals surface area contributed by atoms with E-state index in [4.69, 9.17) is 45.5 Å². The van der Waals surface area contributed by atoms with Crippen molar-refractivity contribution in [3.8, 4) is 0 Å². The summed E-state index contributed by atoms with van der Waals surface area (Å²) in [5.74, 6) is -0.262. The molecule has 43 heavy (non-hydrogen) atoms. The first-order chi connectivity index (χ1) is 20.5. The maximum absolute atomic E-state index is 12.3. The van der Waals surface area contributed by atoms with E-state index in [0.29, 0.717) is 5.02 Å². The Bertz CT molecular complexity index is 1620. The topological polar surface area (TPSA) is 107 Å². The van der Waals surface area contributed by atoms with Gasteiger partial charge in [-0.1, -0.05) is 59.6 Å². The number of methoxy groups -OCH3 is 1. The SMILES string of the molecule is COC(=O)[C@H](c1ccccc1Cl)N1CCc2sccc2C1.Clc1ccccc1CN1CCc2sccc2C1.O=S(=O)(O)O. The minimum Gasteiger partial charge on any atom is -0.468 e. The van der Waals surface area contributed by atoms with E-state index in [-0.39, 0.29) is 5.97 Å². The van der Waals surface area contributed by atoms with E-state index in [2.05, 4.69) is 44.8 Å². The molecule has 2 aromatic heterocycles. The van der Waals surface area contributed by atoms with E-state index in [9.17, 15) is 4.79 Å². The van der Waals surface area contributed by atoms with Crippen LogP contribution in [0.5, 0.6) is 0 Å². The standard InChI is InChI=1S/C16H16ClNO2S.C14H14ClNS.H2O4S/c1-20-16(19)15(12-4-2-3-5-13(12)17)18-8-6-14-11(10-18)7-9-21-14;15-13-4-2-1-3-11(13)9-16-7-5-14-12(10-16)6-8-17-14;1-5(2,3)4/h2-5,7,9,15H,6,8,10H2,1H3;1-4,6,8H,5,7,9-10H2;(H2,1,2,3,4)/t15-;;/m0../s1. The Morgan fingerprint density at radius 2 is 1.44 bits per heavy atom. The predicted octanol–water partition coefficient (Wildman–Crippen LogP) is 6.98. The molecular formula is C30H32Cl2N2O6S3. The van der Waals surface area contributed by atoms with E-state index in [1.807, 2.05) is 47.7 Å². The van der Waals surface area contributed by atoms with Gasteiger partial charge in [-0.3, -0.25) is 18.9 Å². The van der Waals surface area contributed by atoms with E-state index < -0.39 is 16.4 Å². The Balaban J connectivity index is 0.000000173. The first kappa shape index (κ1) is 33.6. The third-order valence-electron chi connectivity index (χ3n) is 7.07. The van der Waals surface area contributed by atoms with Crippen molar-refractivity contribution in [3.63, 3.8) is 0 Å². The van der Waals surface area contributed by atoms with Crippen LogP contribution in [-0.4, -0.2) is 53.5 Å². The van der Waals surface area contributed by atoms with Crippen LogP contribution >= 0.6 is 45.9 Å². The largest absolute Gasteiger partial charge is 0.468 e. The highest BCUT2D eigenvalue weighted by Crippen LogP contribution is 2.34. The van der Waals surface area contributed by atoms with Crippen LogP contribution in [0.1, 0.15) is 38.0 Å². The second-order valence-corrected chi connectivity index (χ2v) is 13.6. The lowest BCUT2D eigenvalue weighted by Crippen LogP contribution is -2.38. The average molecular weight is 684 g/mol. The van der Waals surface area contributed by atoms with Crippen molar-refractivity contribution in [2.45, 2.75) is 38.5 Å². The van der Waals surface area contributed by atoms with Gasteiger partial charge in [-0.25, -0.2) is 4.79 Å². The van der Waals surface area contributed by atoms with Crippen molar-refractivity contribution in [2.24, 2.45) is 0 Å². The molecule has 6 rings (SSSR count). The van der Waals surface area contributed by atoms with Gasteiger partial charge in [0.05, 0.1) is 7.11 Å². The normalized spacial score (nSPS) is 15.6. The first-order valence-electron chi connectivity index (χ1n) is 13.4. The molecule has 2 aliphatic heterocycles. The molecule has 0 aliphatic carbocycles. The number of esters is 1. The summed E-state index contributed by atoms with van der Waals surface area (Å²) in [6, 6.07) is 19.5. The highest BCUT2D eigenvalue weighted by molar-refractivity contribution is 7.79. The van der Waals surface area contributed by atoms with Crippen LogP contribution in [0, 0.1) is 0 Å². The molecule has 0 bridgehead atoms. The van der Waals surface area contributed by atoms with Gasteiger partial charge in [0.2, 0.25) is 0 Å². The molecular weight excluding hydrogens is 651 g/mol. The molecule has 4 aromatic rings. The van der Waals surface area contributed by atoms with Gasteiger partial charge in [-0.15, -0.1) is 22.7 Å². The molecule has 13 heteroatoms. The molecule has 0 spiro atoms. The van der Waals surface area contributed by atoms with Crippen molar-refractivity contribution >= 4 is 62.2 Å². The fourth-order valence-electron chi connectivity index (χ4n) is 5.08. The molecule has 0 unspecified atom stereocenters. The molecule has 0 saturated carbocycles. The second kappa shape index (κ2) is 15.6. The molecule has 1 atom stereocenters. The van der Waals surface area contributed by atoms with Crippen LogP contribution in [0.25, 0.3) is 0 Å². The lowest BCUT2D eigenvalue weighted by Gasteiger charge is -2.33. The molecule has 0 radical (unpaired) electrons. The maximum Gasteiger partial charge on any atom is 0.394 e. The summed E-state index contributed by atoms with van der Waals surface area (Å²) in [6.07, 6.45) is 2.14. The van der Waals surface area contributed by atoms with Gasteiger partial charge in [0.1, 0.15) is 6.04 Å². The van der Waals surface area contributed by atoms with Crippen molar-refractivity contribution in [1.82, 2.24) is 9.80 Å². The number of hydrogen-bond donors (Lipinski definition) is 2. The van der Waals surface area contributed by atoms with E-state index >= 15 is 0 Å². The van der Waals surface area contributed by atoms with E-state index in [0.717, 1.165) is 49.7 Å². The van der Waals surface area contributed by atoms with E-state index in [1.54, 1.807) is 16.2 Å². The molecule has 2 aromatic carbocycles. The number of fused-ring (bicyclic) bond motifs is 2. The summed E-state index contributed by atoms with van der Waals surface area (Å²) < 4.78 is 36.6. The third kappa shape index (κ3) is 9.84. The zero-order chi connectivity index (χ0) is 31.0. The average Bonchev–Trinajstić information content (AvgIpc) is 3.64. The quantitative estimate of drug-likeness (QED) is 0.172. The van der Waals surface area contributed by atoms with Crippen LogP contribution in [0.15, 0.2) is 71.4 Å². The Labute approximate surface area is 270 Å². The Morgan fingerprint density at radius 1 is 0.884 bits per heavy atom. The zero-order valence-corrected chi connectivity index (χ0v) is 27.3. The van der Waals surface area contributed by atoms with Gasteiger partial charge >= 0.3 is 16.4 Å². The van der Waals surface area contributed by atoms with Gasteiger partial charge in [0.15, 0.2) is 0 Å². The van der Waals surface area contributed by atoms with Crippen LogP contribution in [-0.2, 0) is 52.4 Å². The van der Waals surface area contributed by atoms with Crippen molar-refractivity contribution in [1.29, 1.82) is 0 Å². The lowest BCUT2D eigenvalue weighted by atomic mass is 10.0. The predicted molar refractivity (Wildman–Crippen MR) is 172 cm³/mol. The Morgan fingerprint density at radius 3 is 2.05 bits per heavy atom. The zero-order valence-electron chi connectivity index (χ0n) is 23.4. The Kier molecular flexibility index (Phi) is 12.2. The molecule has 2 N–H and O–H groups in total. The molecule has 8 nitrogen and oxygen atoms in total. The van der Waals surface area contributed by atoms with Crippen LogP contribution < -0.4 is 0 Å². The minimum absolute atomic E-state index is 0.262. The molecule has 2 aliphatic rings. The summed E-state index contributed by atoms with van der Waals surface area (Å²) in [6.45, 7) is 4.74. The van der Waals surface area contributed by atoms with Crippen molar-refractivity contribution in [3.05, 3.63) is 113 Å². The number of thiophene rings is 2. The molecule has 0 saturated heterocycles. The first-order valence-corrected chi connectivity index (χ1v) is 17.3. The highest BCUT2D eigenvalue weighted by Gasteiger charge is 2.32. The number of nitrogens with zero attached hydrogens (tertiary/aromatic N) is 2. The number of ether oxygens (including phenoxy) is 1. The molecule has 0 fully saturated rings. The highest BCUT2D eigenvalue weighted by atomic mass is 35.5. The molecule has 230 valence electrons. The Hall–Kier alpha value is -2.32. The number of benzene rings is 2. The summed E-state index contributed by atoms with van der Waals surface area (Å²) in [5.41, 5.74) is 4.83. The van der Waals surface area contributed by atoms with Gasteiger partial charge in [-0.2, -0.15) is 8.42 Å². The van der Waals surface area contributed by atoms with Crippen LogP contribution in [0.4, 0.5) is 0 Å². The van der Waals surface area contributed by atoms with Crippen molar-refractivity contribution < 1.29 is 27.1 Å². The summed E-state index contributed by atoms with van der Waals surface area (Å²) in [4.78, 5) is 19.9. The summed E-state index contributed by atoms with van der Waals surface area (Å²) in [5, 5.41) is 5.79. The summed E-state index contributed by atoms with van der Waals surface area (Å²) in [7, 11) is -3.24. The van der Waals surface area contributed by atoms with Gasteiger partial charge in [0, 0.05) is 52.5 Å². The van der Waals surface area contributed by atoms with Crippen LogP contribution in [0.3, 0.4) is 0 Å². The van der Waals surface area contributed by atoms with Gasteiger partial charge in [0.25, 0.3) is 0 Å². The minimum atomic E-state index is -4.67. The fraction of sp³-hybridized carbons (Fsp3) is 0.300. The second-order valence-electron chi connectivity index (χ2n) is 9.91. The van der Waals surface area contributed by atoms with Crippen LogP contribution in [0.2, 0.25) is 10.0 Å². The molecule has 0 amide bonds. The van der Waals surface area contributed by atoms with Crippen molar-refractivity contribution in [2.75, 3.05) is 20.2 Å². The van der Waals surface area contributed by atoms with Gasteiger partial charge < -0.3 is 4.74 Å². The summed E-state index contributed by atoms with van der Waals surface area (Å²) >= 11 is 16.2.